The highest BCUT2D eigenvalue weighted by atomic mass is 16.5. The first-order valence-electron chi connectivity index (χ1n) is 14.3. The van der Waals surface area contributed by atoms with Crippen LogP contribution in [0.2, 0.25) is 0 Å². The number of hydrogen-bond acceptors (Lipinski definition) is 6. The first-order chi connectivity index (χ1) is 18.3. The SMILES string of the molecule is Cc1nc(N)ccc1C[N+]1(C(=O)[C@@H](CC2CCCCC2)NC(=O)N2CCOCC2)CCC[C@@H]2C[C@@]21C(N)=O. The highest BCUT2D eigenvalue weighted by Crippen LogP contribution is 2.59. The number of carbonyl (C=O) groups excluding carboxylic acids is 3. The molecule has 5 N–H and O–H groups in total. The second-order valence-corrected chi connectivity index (χ2v) is 11.8. The molecular formula is C28H43N6O4+. The molecule has 10 heteroatoms. The number of piperidine rings is 1. The van der Waals surface area contributed by atoms with Gasteiger partial charge in [-0.05, 0) is 44.2 Å². The van der Waals surface area contributed by atoms with Crippen LogP contribution in [0.1, 0.15) is 69.0 Å². The standard InChI is InChI=1S/C28H42N6O4/c1-19-21(9-10-24(29)31-19)18-34(13-5-8-22-17-28(22,34)26(30)36)25(35)23(16-20-6-3-2-4-7-20)32-27(37)33-11-14-38-15-12-33/h9-10,20,22-23H,2-8,11-18H2,1H3,(H4-,29,30,31,32,36,37)/p+1/t22-,23-,28+,34?/m1/s1. The number of primary amides is 1. The van der Waals surface area contributed by atoms with Gasteiger partial charge < -0.3 is 26.4 Å². The number of carbonyl (C=O) groups is 3. The lowest BCUT2D eigenvalue weighted by molar-refractivity contribution is -0.900. The van der Waals surface area contributed by atoms with Crippen LogP contribution < -0.4 is 16.8 Å². The van der Waals surface area contributed by atoms with Crippen molar-refractivity contribution in [2.24, 2.45) is 17.6 Å². The average Bonchev–Trinajstić information content (AvgIpc) is 3.68. The molecule has 3 heterocycles. The molecule has 4 fully saturated rings. The minimum Gasteiger partial charge on any atom is -0.384 e. The number of aryl methyl sites for hydroxylation is 1. The molecule has 2 aliphatic carbocycles. The van der Waals surface area contributed by atoms with Gasteiger partial charge in [0.1, 0.15) is 18.4 Å². The van der Waals surface area contributed by atoms with Gasteiger partial charge in [-0.15, -0.1) is 0 Å². The van der Waals surface area contributed by atoms with Gasteiger partial charge in [0, 0.05) is 36.7 Å². The number of nitrogen functional groups attached to an aromatic ring is 1. The third-order valence-corrected chi connectivity index (χ3v) is 9.62. The summed E-state index contributed by atoms with van der Waals surface area (Å²) in [4.78, 5) is 47.6. The van der Waals surface area contributed by atoms with Crippen molar-refractivity contribution in [3.63, 3.8) is 0 Å². The van der Waals surface area contributed by atoms with Gasteiger partial charge in [-0.3, -0.25) is 4.79 Å². The number of ether oxygens (including phenoxy) is 1. The molecule has 1 aromatic heterocycles. The summed E-state index contributed by atoms with van der Waals surface area (Å²) < 4.78 is 5.38. The molecule has 2 saturated heterocycles. The Labute approximate surface area is 225 Å². The minimum absolute atomic E-state index is 0.0415. The van der Waals surface area contributed by atoms with Crippen LogP contribution in [0.25, 0.3) is 0 Å². The van der Waals surface area contributed by atoms with E-state index in [0.717, 1.165) is 49.8 Å². The van der Waals surface area contributed by atoms with Crippen LogP contribution in [-0.4, -0.2) is 76.6 Å². The number of hydrogen-bond donors (Lipinski definition) is 3. The lowest BCUT2D eigenvalue weighted by Crippen LogP contribution is -2.71. The Balaban J connectivity index is 1.51. The van der Waals surface area contributed by atoms with E-state index in [1.54, 1.807) is 11.0 Å². The lowest BCUT2D eigenvalue weighted by Gasteiger charge is -2.47. The Bertz CT molecular complexity index is 1070. The van der Waals surface area contributed by atoms with Crippen molar-refractivity contribution in [1.29, 1.82) is 0 Å². The summed E-state index contributed by atoms with van der Waals surface area (Å²) in [6, 6.07) is 2.73. The van der Waals surface area contributed by atoms with Crippen molar-refractivity contribution in [3.8, 4) is 0 Å². The summed E-state index contributed by atoms with van der Waals surface area (Å²) >= 11 is 0. The Kier molecular flexibility index (Phi) is 7.64. The van der Waals surface area contributed by atoms with E-state index in [4.69, 9.17) is 16.2 Å². The van der Waals surface area contributed by atoms with E-state index < -0.39 is 17.5 Å². The zero-order valence-corrected chi connectivity index (χ0v) is 22.6. The average molecular weight is 528 g/mol. The topological polar surface area (TPSA) is 141 Å². The van der Waals surface area contributed by atoms with Crippen molar-refractivity contribution in [1.82, 2.24) is 15.2 Å². The second kappa shape index (κ2) is 10.8. The monoisotopic (exact) mass is 527 g/mol. The third kappa shape index (κ3) is 4.88. The summed E-state index contributed by atoms with van der Waals surface area (Å²) in [6.45, 7) is 4.72. The predicted octanol–water partition coefficient (Wildman–Crippen LogP) is 2.23. The Morgan fingerprint density at radius 3 is 2.58 bits per heavy atom. The van der Waals surface area contributed by atoms with E-state index in [9.17, 15) is 14.4 Å². The first kappa shape index (κ1) is 26.9. The number of amides is 4. The first-order valence-corrected chi connectivity index (χ1v) is 14.3. The molecule has 0 aromatic carbocycles. The fourth-order valence-corrected chi connectivity index (χ4v) is 7.46. The van der Waals surface area contributed by atoms with E-state index in [0.29, 0.717) is 64.0 Å². The molecular weight excluding hydrogens is 484 g/mol. The van der Waals surface area contributed by atoms with Crippen molar-refractivity contribution >= 4 is 23.7 Å². The van der Waals surface area contributed by atoms with Gasteiger partial charge in [0.25, 0.3) is 5.91 Å². The molecule has 0 bridgehead atoms. The molecule has 2 aliphatic heterocycles. The Hall–Kier alpha value is -2.72. The van der Waals surface area contributed by atoms with Crippen molar-refractivity contribution in [2.45, 2.75) is 82.8 Å². The van der Waals surface area contributed by atoms with E-state index in [-0.39, 0.29) is 22.3 Å². The number of nitrogens with one attached hydrogen (secondary N) is 1. The summed E-state index contributed by atoms with van der Waals surface area (Å²) in [5.41, 5.74) is 12.7. The number of aromatic nitrogens is 1. The van der Waals surface area contributed by atoms with Gasteiger partial charge >= 0.3 is 11.9 Å². The van der Waals surface area contributed by atoms with Gasteiger partial charge in [0.2, 0.25) is 0 Å². The second-order valence-electron chi connectivity index (χ2n) is 11.8. The zero-order chi connectivity index (χ0) is 26.9. The number of urea groups is 1. The van der Waals surface area contributed by atoms with Crippen LogP contribution in [0.4, 0.5) is 10.6 Å². The number of likely N-dealkylation sites (tertiary alicyclic amines) is 1. The van der Waals surface area contributed by atoms with Crippen LogP contribution in [0.5, 0.6) is 0 Å². The third-order valence-electron chi connectivity index (χ3n) is 9.62. The number of quaternary nitrogens is 1. The zero-order valence-electron chi connectivity index (χ0n) is 22.6. The number of pyridine rings is 1. The molecule has 2 saturated carbocycles. The Morgan fingerprint density at radius 1 is 1.16 bits per heavy atom. The highest BCUT2D eigenvalue weighted by molar-refractivity contribution is 5.92. The van der Waals surface area contributed by atoms with Crippen LogP contribution in [-0.2, 0) is 20.9 Å². The molecule has 0 radical (unpaired) electrons. The largest absolute Gasteiger partial charge is 0.384 e. The molecule has 0 spiro atoms. The normalized spacial score (nSPS) is 30.2. The summed E-state index contributed by atoms with van der Waals surface area (Å²) in [5.74, 6) is 0.378. The van der Waals surface area contributed by atoms with E-state index >= 15 is 0 Å². The summed E-state index contributed by atoms with van der Waals surface area (Å²) in [7, 11) is 0. The molecule has 4 aliphatic rings. The van der Waals surface area contributed by atoms with E-state index in [1.807, 2.05) is 13.0 Å². The summed E-state index contributed by atoms with van der Waals surface area (Å²) in [6.07, 6.45) is 8.55. The molecule has 208 valence electrons. The van der Waals surface area contributed by atoms with E-state index in [2.05, 4.69) is 10.3 Å². The van der Waals surface area contributed by atoms with Gasteiger partial charge in [-0.2, -0.15) is 0 Å². The number of nitrogens with zero attached hydrogens (tertiary/aromatic N) is 3. The van der Waals surface area contributed by atoms with Crippen molar-refractivity contribution in [2.75, 3.05) is 38.6 Å². The van der Waals surface area contributed by atoms with Crippen molar-refractivity contribution in [3.05, 3.63) is 23.4 Å². The van der Waals surface area contributed by atoms with Gasteiger partial charge in [-0.1, -0.05) is 32.1 Å². The lowest BCUT2D eigenvalue weighted by atomic mass is 9.83. The molecule has 1 aromatic rings. The number of nitrogens with two attached hydrogens (primary N) is 2. The fourth-order valence-electron chi connectivity index (χ4n) is 7.46. The van der Waals surface area contributed by atoms with Crippen LogP contribution in [0.15, 0.2) is 12.1 Å². The Morgan fingerprint density at radius 2 is 1.89 bits per heavy atom. The van der Waals surface area contributed by atoms with Crippen LogP contribution in [0.3, 0.4) is 0 Å². The minimum atomic E-state index is -0.933. The van der Waals surface area contributed by atoms with Crippen LogP contribution >= 0.6 is 0 Å². The van der Waals surface area contributed by atoms with Crippen LogP contribution in [0, 0.1) is 18.8 Å². The number of morpholine rings is 1. The smallest absolute Gasteiger partial charge is 0.337 e. The molecule has 38 heavy (non-hydrogen) atoms. The quantitative estimate of drug-likeness (QED) is 0.465. The van der Waals surface area contributed by atoms with Gasteiger partial charge in [-0.25, -0.2) is 19.1 Å². The molecule has 1 unspecified atom stereocenters. The van der Waals surface area contributed by atoms with Crippen molar-refractivity contribution < 1.29 is 23.6 Å². The summed E-state index contributed by atoms with van der Waals surface area (Å²) in [5, 5.41) is 3.14. The molecule has 5 rings (SSSR count). The maximum atomic E-state index is 14.9. The number of fused-ring (bicyclic) bond motifs is 1. The van der Waals surface area contributed by atoms with Gasteiger partial charge in [0.15, 0.2) is 5.54 Å². The number of anilines is 1. The molecule has 4 atom stereocenters. The highest BCUT2D eigenvalue weighted by Gasteiger charge is 2.76. The molecule has 10 nitrogen and oxygen atoms in total. The molecule has 4 amide bonds. The van der Waals surface area contributed by atoms with E-state index in [1.165, 1.54) is 6.42 Å². The number of rotatable bonds is 7. The maximum Gasteiger partial charge on any atom is 0.337 e. The maximum absolute atomic E-state index is 14.9. The van der Waals surface area contributed by atoms with Gasteiger partial charge in [0.05, 0.1) is 19.8 Å². The predicted molar refractivity (Wildman–Crippen MR) is 142 cm³/mol. The fraction of sp³-hybridized carbons (Fsp3) is 0.714.